The molecule has 5 aromatic carbocycles. The molecule has 6 nitrogen and oxygen atoms in total. The molecule has 1 heterocycles. The lowest BCUT2D eigenvalue weighted by Gasteiger charge is -2.29. The standard InChI is InChI=1S/C46H40N6/c1-5-39(32-30-35(3)51-44-27-17-15-25-42(44)43-26-16-18-28-45(43)51)50(40-21-11-7-12-22-40)34(2)29-31-38(33-47)46(49-48)52(41-23-13-8-14-24-41)36(4)37-19-9-6-10-20-37/h1,6-33H,2,4,47-48H2,3H3/b31-29-,35-30+,38-33+,39-32+,49-46-. The van der Waals surface area contributed by atoms with E-state index in [4.69, 9.17) is 18.0 Å². The van der Waals surface area contributed by atoms with Gasteiger partial charge >= 0.3 is 0 Å². The molecule has 6 rings (SSSR count). The third-order valence-corrected chi connectivity index (χ3v) is 8.72. The van der Waals surface area contributed by atoms with Gasteiger partial charge < -0.3 is 21.0 Å². The number of amidine groups is 1. The predicted molar refractivity (Wildman–Crippen MR) is 222 cm³/mol. The quantitative estimate of drug-likeness (QED) is 0.0358. The number of nitrogens with two attached hydrogens (primary N) is 2. The molecule has 0 saturated carbocycles. The van der Waals surface area contributed by atoms with Crippen LogP contribution < -0.4 is 21.4 Å². The fourth-order valence-electron chi connectivity index (χ4n) is 6.27. The number of aromatic nitrogens is 1. The van der Waals surface area contributed by atoms with E-state index >= 15 is 0 Å². The summed E-state index contributed by atoms with van der Waals surface area (Å²) in [5.41, 5.74) is 14.5. The Morgan fingerprint density at radius 2 is 1.19 bits per heavy atom. The molecule has 4 N–H and O–H groups in total. The molecule has 0 fully saturated rings. The van der Waals surface area contributed by atoms with Gasteiger partial charge in [-0.15, -0.1) is 6.42 Å². The van der Waals surface area contributed by atoms with Crippen LogP contribution in [0.25, 0.3) is 33.2 Å². The Morgan fingerprint density at radius 3 is 1.71 bits per heavy atom. The van der Waals surface area contributed by atoms with Crippen molar-refractivity contribution in [2.45, 2.75) is 6.92 Å². The smallest absolute Gasteiger partial charge is 0.165 e. The number of fused-ring (bicyclic) bond motifs is 3. The van der Waals surface area contributed by atoms with Crippen molar-refractivity contribution in [2.24, 2.45) is 16.7 Å². The van der Waals surface area contributed by atoms with Gasteiger partial charge in [0.25, 0.3) is 0 Å². The highest BCUT2D eigenvalue weighted by molar-refractivity contribution is 6.18. The maximum atomic E-state index is 6.27. The van der Waals surface area contributed by atoms with E-state index in [1.807, 2.05) is 125 Å². The Hall–Kier alpha value is -7.23. The molecule has 0 unspecified atom stereocenters. The summed E-state index contributed by atoms with van der Waals surface area (Å²) in [6, 6.07) is 46.3. The van der Waals surface area contributed by atoms with E-state index < -0.39 is 0 Å². The van der Waals surface area contributed by atoms with Crippen molar-refractivity contribution >= 4 is 50.4 Å². The highest BCUT2D eigenvalue weighted by Gasteiger charge is 2.21. The van der Waals surface area contributed by atoms with Crippen molar-refractivity contribution in [3.63, 3.8) is 0 Å². The number of benzene rings is 5. The summed E-state index contributed by atoms with van der Waals surface area (Å²) in [6.07, 6.45) is 15.4. The third-order valence-electron chi connectivity index (χ3n) is 8.72. The lowest BCUT2D eigenvalue weighted by Crippen LogP contribution is -2.31. The van der Waals surface area contributed by atoms with Gasteiger partial charge in [-0.25, -0.2) is 0 Å². The molecule has 52 heavy (non-hydrogen) atoms. The van der Waals surface area contributed by atoms with Crippen molar-refractivity contribution in [2.75, 3.05) is 9.80 Å². The van der Waals surface area contributed by atoms with Gasteiger partial charge in [0.15, 0.2) is 5.84 Å². The molecular formula is C46H40N6. The molecule has 0 aliphatic rings. The van der Waals surface area contributed by atoms with Crippen LogP contribution in [0.5, 0.6) is 0 Å². The molecule has 6 aromatic rings. The number of rotatable bonds is 11. The lowest BCUT2D eigenvalue weighted by molar-refractivity contribution is 1.16. The van der Waals surface area contributed by atoms with Gasteiger partial charge in [0.2, 0.25) is 0 Å². The maximum absolute atomic E-state index is 6.27. The number of hydrogen-bond acceptors (Lipinski definition) is 4. The lowest BCUT2D eigenvalue weighted by atomic mass is 10.1. The maximum Gasteiger partial charge on any atom is 0.165 e. The Balaban J connectivity index is 1.37. The van der Waals surface area contributed by atoms with Crippen LogP contribution in [0.1, 0.15) is 12.5 Å². The summed E-state index contributed by atoms with van der Waals surface area (Å²) in [5, 5.41) is 6.60. The SMILES string of the molecule is C#C/C(=C\C=C(/C)n1c2ccccc2c2ccccc21)N(C(=C)\C=C/C(=C\N)C(=N/N)/N(C(=C)c1ccccc1)c1ccccc1)c1ccccc1. The van der Waals surface area contributed by atoms with Crippen LogP contribution in [0.3, 0.4) is 0 Å². The molecule has 0 spiro atoms. The van der Waals surface area contributed by atoms with Crippen molar-refractivity contribution in [1.29, 1.82) is 0 Å². The molecule has 0 aliphatic carbocycles. The van der Waals surface area contributed by atoms with E-state index in [-0.39, 0.29) is 0 Å². The Morgan fingerprint density at radius 1 is 0.692 bits per heavy atom. The highest BCUT2D eigenvalue weighted by atomic mass is 15.3. The first-order valence-corrected chi connectivity index (χ1v) is 16.8. The van der Waals surface area contributed by atoms with Crippen LogP contribution in [-0.4, -0.2) is 10.4 Å². The summed E-state index contributed by atoms with van der Waals surface area (Å²) in [7, 11) is 0. The molecule has 0 saturated heterocycles. The number of anilines is 2. The molecule has 6 heteroatoms. The van der Waals surface area contributed by atoms with E-state index in [2.05, 4.69) is 84.2 Å². The molecule has 0 radical (unpaired) electrons. The average Bonchev–Trinajstić information content (AvgIpc) is 3.54. The molecule has 1 aromatic heterocycles. The molecular weight excluding hydrogens is 637 g/mol. The zero-order valence-corrected chi connectivity index (χ0v) is 29.1. The van der Waals surface area contributed by atoms with Crippen LogP contribution in [0.2, 0.25) is 0 Å². The number of nitrogens with zero attached hydrogens (tertiary/aromatic N) is 4. The van der Waals surface area contributed by atoms with Crippen LogP contribution in [0, 0.1) is 12.3 Å². The second-order valence-electron chi connectivity index (χ2n) is 11.9. The van der Waals surface area contributed by atoms with Gasteiger partial charge in [-0.2, -0.15) is 5.10 Å². The van der Waals surface area contributed by atoms with Gasteiger partial charge in [0.1, 0.15) is 0 Å². The minimum Gasteiger partial charge on any atom is -0.404 e. The van der Waals surface area contributed by atoms with E-state index in [0.29, 0.717) is 28.5 Å². The van der Waals surface area contributed by atoms with E-state index in [1.165, 1.54) is 17.0 Å². The first kappa shape index (κ1) is 34.6. The Labute approximate surface area is 305 Å². The van der Waals surface area contributed by atoms with Gasteiger partial charge in [-0.1, -0.05) is 122 Å². The van der Waals surface area contributed by atoms with Gasteiger partial charge in [0, 0.05) is 51.0 Å². The summed E-state index contributed by atoms with van der Waals surface area (Å²) >= 11 is 0. The Bertz CT molecular complexity index is 2370. The van der Waals surface area contributed by atoms with Crippen molar-refractivity contribution < 1.29 is 0 Å². The predicted octanol–water partition coefficient (Wildman–Crippen LogP) is 10.0. The minimum absolute atomic E-state index is 0.398. The van der Waals surface area contributed by atoms with Crippen LogP contribution in [-0.2, 0) is 0 Å². The Kier molecular flexibility index (Phi) is 10.6. The molecule has 0 atom stereocenters. The van der Waals surface area contributed by atoms with Gasteiger partial charge in [-0.3, -0.25) is 4.90 Å². The zero-order valence-electron chi connectivity index (χ0n) is 29.1. The van der Waals surface area contributed by atoms with Gasteiger partial charge in [-0.05, 0) is 73.2 Å². The van der Waals surface area contributed by atoms with Crippen LogP contribution in [0.4, 0.5) is 11.4 Å². The molecule has 254 valence electrons. The normalized spacial score (nSPS) is 12.6. The van der Waals surface area contributed by atoms with E-state index in [9.17, 15) is 0 Å². The molecule has 0 amide bonds. The van der Waals surface area contributed by atoms with Crippen LogP contribution >= 0.6 is 0 Å². The average molecular weight is 677 g/mol. The fourth-order valence-corrected chi connectivity index (χ4v) is 6.27. The third kappa shape index (κ3) is 7.07. The van der Waals surface area contributed by atoms with Crippen molar-refractivity contribution in [3.05, 3.63) is 206 Å². The number of hydrogen-bond donors (Lipinski definition) is 2. The van der Waals surface area contributed by atoms with E-state index in [0.717, 1.165) is 33.7 Å². The number of para-hydroxylation sites is 4. The van der Waals surface area contributed by atoms with Crippen molar-refractivity contribution in [1.82, 2.24) is 4.57 Å². The topological polar surface area (TPSA) is 75.8 Å². The molecule has 0 aliphatic heterocycles. The van der Waals surface area contributed by atoms with E-state index in [1.54, 1.807) is 0 Å². The summed E-state index contributed by atoms with van der Waals surface area (Å²) in [6.45, 7) is 10.9. The first-order valence-electron chi connectivity index (χ1n) is 16.8. The van der Waals surface area contributed by atoms with Crippen LogP contribution in [0.15, 0.2) is 205 Å². The second kappa shape index (κ2) is 16.0. The molecule has 0 bridgehead atoms. The van der Waals surface area contributed by atoms with Crippen molar-refractivity contribution in [3.8, 4) is 12.3 Å². The zero-order chi connectivity index (χ0) is 36.5. The summed E-state index contributed by atoms with van der Waals surface area (Å²) < 4.78 is 2.25. The number of hydrazone groups is 1. The number of allylic oxidation sites excluding steroid dienone is 5. The van der Waals surface area contributed by atoms with Gasteiger partial charge in [0.05, 0.1) is 16.7 Å². The fraction of sp³-hybridized carbons (Fsp3) is 0.0217. The largest absolute Gasteiger partial charge is 0.404 e. The summed E-state index contributed by atoms with van der Waals surface area (Å²) in [4.78, 5) is 3.81. The first-order chi connectivity index (χ1) is 25.5. The highest BCUT2D eigenvalue weighted by Crippen LogP contribution is 2.32. The minimum atomic E-state index is 0.398. The number of terminal acetylenes is 1. The summed E-state index contributed by atoms with van der Waals surface area (Å²) in [5.74, 6) is 9.40. The monoisotopic (exact) mass is 676 g/mol. The second-order valence-corrected chi connectivity index (χ2v) is 11.9.